The monoisotopic (exact) mass is 348 g/mol. The number of methoxy groups -OCH3 is 1. The molecule has 0 unspecified atom stereocenters. The van der Waals surface area contributed by atoms with Crippen molar-refractivity contribution in [1.29, 1.82) is 0 Å². The molecule has 3 aromatic rings. The predicted molar refractivity (Wildman–Crippen MR) is 100 cm³/mol. The first-order valence-electron chi connectivity index (χ1n) is 8.33. The number of anilines is 1. The molecule has 0 saturated heterocycles. The largest absolute Gasteiger partial charge is 0.465 e. The fraction of sp³-hybridized carbons (Fsp3) is 0.143. The summed E-state index contributed by atoms with van der Waals surface area (Å²) in [6.07, 6.45) is 4.21. The van der Waals surface area contributed by atoms with Crippen LogP contribution in [0.3, 0.4) is 0 Å². The van der Waals surface area contributed by atoms with E-state index in [2.05, 4.69) is 10.1 Å². The summed E-state index contributed by atoms with van der Waals surface area (Å²) in [7, 11) is 1.34. The third-order valence-electron chi connectivity index (χ3n) is 4.14. The van der Waals surface area contributed by atoms with Gasteiger partial charge >= 0.3 is 5.97 Å². The van der Waals surface area contributed by atoms with Crippen molar-refractivity contribution in [2.45, 2.75) is 12.5 Å². The lowest BCUT2D eigenvalue weighted by Crippen LogP contribution is -2.19. The summed E-state index contributed by atoms with van der Waals surface area (Å²) >= 11 is 0. The topological polar surface area (TPSA) is 60.3 Å². The highest BCUT2D eigenvalue weighted by atomic mass is 16.5. The Morgan fingerprint density at radius 3 is 2.23 bits per heavy atom. The molecule has 2 aromatic carbocycles. The number of carbonyl (C=O) groups is 2. The van der Waals surface area contributed by atoms with Crippen LogP contribution in [0.2, 0.25) is 0 Å². The third kappa shape index (κ3) is 4.19. The van der Waals surface area contributed by atoms with Gasteiger partial charge in [0.2, 0.25) is 5.91 Å². The van der Waals surface area contributed by atoms with Crippen LogP contribution in [0.4, 0.5) is 5.69 Å². The molecule has 5 heteroatoms. The zero-order chi connectivity index (χ0) is 18.4. The number of benzene rings is 2. The molecule has 1 aromatic heterocycles. The van der Waals surface area contributed by atoms with Gasteiger partial charge in [0, 0.05) is 18.1 Å². The molecule has 1 amide bonds. The van der Waals surface area contributed by atoms with Crippen molar-refractivity contribution in [3.8, 4) is 0 Å². The molecule has 26 heavy (non-hydrogen) atoms. The average Bonchev–Trinajstić information content (AvgIpc) is 3.21. The molecule has 0 aliphatic carbocycles. The number of hydrogen-bond acceptors (Lipinski definition) is 3. The molecule has 0 bridgehead atoms. The molecule has 0 radical (unpaired) electrons. The quantitative estimate of drug-likeness (QED) is 0.688. The maximum absolute atomic E-state index is 12.6. The van der Waals surface area contributed by atoms with Crippen molar-refractivity contribution in [3.05, 3.63) is 90.3 Å². The molecule has 0 saturated carbocycles. The van der Waals surface area contributed by atoms with Gasteiger partial charge in [-0.15, -0.1) is 0 Å². The number of carbonyl (C=O) groups excluding carboxylic acids is 2. The maximum atomic E-state index is 12.6. The Morgan fingerprint density at radius 2 is 1.62 bits per heavy atom. The average molecular weight is 348 g/mol. The number of ether oxygens (including phenoxy) is 1. The Hall–Kier alpha value is -3.34. The van der Waals surface area contributed by atoms with Gasteiger partial charge < -0.3 is 14.6 Å². The summed E-state index contributed by atoms with van der Waals surface area (Å²) in [4.78, 5) is 24.0. The van der Waals surface area contributed by atoms with Gasteiger partial charge in [-0.3, -0.25) is 4.79 Å². The molecule has 3 rings (SSSR count). The van der Waals surface area contributed by atoms with Crippen LogP contribution in [-0.4, -0.2) is 23.6 Å². The highest BCUT2D eigenvalue weighted by Gasteiger charge is 2.17. The standard InChI is InChI=1S/C21H20N2O3/c1-26-21(25)17-9-11-18(12-10-17)22-20(24)15-19(23-13-5-6-14-23)16-7-3-2-4-8-16/h2-14,19H,15H2,1H3,(H,22,24)/t19-/m1/s1. The van der Waals surface area contributed by atoms with Crippen LogP contribution in [0.25, 0.3) is 0 Å². The van der Waals surface area contributed by atoms with Gasteiger partial charge in [-0.1, -0.05) is 30.3 Å². The number of esters is 1. The lowest BCUT2D eigenvalue weighted by molar-refractivity contribution is -0.116. The van der Waals surface area contributed by atoms with E-state index in [4.69, 9.17) is 0 Å². The fourth-order valence-electron chi connectivity index (χ4n) is 2.82. The first kappa shape index (κ1) is 17.5. The van der Waals surface area contributed by atoms with Crippen LogP contribution in [-0.2, 0) is 9.53 Å². The van der Waals surface area contributed by atoms with Crippen molar-refractivity contribution in [2.75, 3.05) is 12.4 Å². The number of amides is 1. The number of nitrogens with zero attached hydrogens (tertiary/aromatic N) is 1. The molecule has 0 spiro atoms. The Bertz CT molecular complexity index is 856. The molecular formula is C21H20N2O3. The number of aromatic nitrogens is 1. The number of nitrogens with one attached hydrogen (secondary N) is 1. The summed E-state index contributed by atoms with van der Waals surface area (Å²) < 4.78 is 6.69. The van der Waals surface area contributed by atoms with Gasteiger partial charge in [0.25, 0.3) is 0 Å². The molecule has 5 nitrogen and oxygen atoms in total. The summed E-state index contributed by atoms with van der Waals surface area (Å²) in [5.74, 6) is -0.502. The van der Waals surface area contributed by atoms with Gasteiger partial charge in [-0.2, -0.15) is 0 Å². The van der Waals surface area contributed by atoms with Gasteiger partial charge in [-0.25, -0.2) is 4.79 Å². The summed E-state index contributed by atoms with van der Waals surface area (Å²) in [5.41, 5.74) is 2.15. The number of hydrogen-bond donors (Lipinski definition) is 1. The fourth-order valence-corrected chi connectivity index (χ4v) is 2.82. The normalized spacial score (nSPS) is 11.6. The SMILES string of the molecule is COC(=O)c1ccc(NC(=O)C[C@H](c2ccccc2)n2cccc2)cc1. The summed E-state index contributed by atoms with van der Waals surface area (Å²) in [6, 6.07) is 20.4. The lowest BCUT2D eigenvalue weighted by Gasteiger charge is -2.19. The molecular weight excluding hydrogens is 328 g/mol. The minimum Gasteiger partial charge on any atom is -0.465 e. The minimum absolute atomic E-state index is 0.0828. The van der Waals surface area contributed by atoms with Crippen molar-refractivity contribution < 1.29 is 14.3 Å². The second-order valence-electron chi connectivity index (χ2n) is 5.88. The van der Waals surface area contributed by atoms with Crippen LogP contribution in [0.1, 0.15) is 28.4 Å². The van der Waals surface area contributed by atoms with Crippen LogP contribution < -0.4 is 5.32 Å². The van der Waals surface area contributed by atoms with Gasteiger partial charge in [0.05, 0.1) is 25.1 Å². The zero-order valence-electron chi connectivity index (χ0n) is 14.5. The summed E-state index contributed by atoms with van der Waals surface area (Å²) in [5, 5.41) is 2.88. The van der Waals surface area contributed by atoms with Gasteiger partial charge in [-0.05, 0) is 42.0 Å². The van der Waals surface area contributed by atoms with E-state index in [0.29, 0.717) is 17.7 Å². The molecule has 1 atom stereocenters. The van der Waals surface area contributed by atoms with Crippen molar-refractivity contribution >= 4 is 17.6 Å². The smallest absolute Gasteiger partial charge is 0.337 e. The first-order chi connectivity index (χ1) is 12.7. The van der Waals surface area contributed by atoms with E-state index < -0.39 is 5.97 Å². The van der Waals surface area contributed by atoms with Crippen LogP contribution in [0, 0.1) is 0 Å². The van der Waals surface area contributed by atoms with Crippen LogP contribution in [0.5, 0.6) is 0 Å². The van der Waals surface area contributed by atoms with E-state index in [1.54, 1.807) is 24.3 Å². The zero-order valence-corrected chi connectivity index (χ0v) is 14.5. The molecule has 0 aliphatic heterocycles. The minimum atomic E-state index is -0.403. The maximum Gasteiger partial charge on any atom is 0.337 e. The highest BCUT2D eigenvalue weighted by Crippen LogP contribution is 2.23. The predicted octanol–water partition coefficient (Wildman–Crippen LogP) is 3.89. The van der Waals surface area contributed by atoms with E-state index in [-0.39, 0.29) is 11.9 Å². The van der Waals surface area contributed by atoms with Gasteiger partial charge in [0.1, 0.15) is 0 Å². The third-order valence-corrected chi connectivity index (χ3v) is 4.14. The first-order valence-corrected chi connectivity index (χ1v) is 8.33. The van der Waals surface area contributed by atoms with E-state index in [1.165, 1.54) is 7.11 Å². The van der Waals surface area contributed by atoms with E-state index in [9.17, 15) is 9.59 Å². The molecule has 0 fully saturated rings. The Labute approximate surface area is 152 Å². The highest BCUT2D eigenvalue weighted by molar-refractivity contribution is 5.93. The molecule has 1 heterocycles. The molecule has 0 aliphatic rings. The van der Waals surface area contributed by atoms with Crippen molar-refractivity contribution in [3.63, 3.8) is 0 Å². The molecule has 132 valence electrons. The Balaban J connectivity index is 1.71. The van der Waals surface area contributed by atoms with E-state index in [1.807, 2.05) is 59.4 Å². The van der Waals surface area contributed by atoms with E-state index >= 15 is 0 Å². The Morgan fingerprint density at radius 1 is 0.962 bits per heavy atom. The van der Waals surface area contributed by atoms with Crippen molar-refractivity contribution in [2.24, 2.45) is 0 Å². The Kier molecular flexibility index (Phi) is 5.49. The van der Waals surface area contributed by atoms with Gasteiger partial charge in [0.15, 0.2) is 0 Å². The summed E-state index contributed by atoms with van der Waals surface area (Å²) in [6.45, 7) is 0. The van der Waals surface area contributed by atoms with E-state index in [0.717, 1.165) is 5.56 Å². The second kappa shape index (κ2) is 8.16. The molecule has 1 N–H and O–H groups in total. The van der Waals surface area contributed by atoms with Crippen LogP contribution >= 0.6 is 0 Å². The lowest BCUT2D eigenvalue weighted by atomic mass is 10.0. The van der Waals surface area contributed by atoms with Crippen molar-refractivity contribution in [1.82, 2.24) is 4.57 Å². The second-order valence-corrected chi connectivity index (χ2v) is 5.88. The van der Waals surface area contributed by atoms with Crippen LogP contribution in [0.15, 0.2) is 79.1 Å². The number of rotatable bonds is 6.